The van der Waals surface area contributed by atoms with Crippen molar-refractivity contribution in [1.82, 2.24) is 4.98 Å². The van der Waals surface area contributed by atoms with Crippen molar-refractivity contribution in [3.05, 3.63) is 36.4 Å². The van der Waals surface area contributed by atoms with Crippen molar-refractivity contribution in [2.45, 2.75) is 13.8 Å². The Kier molecular flexibility index (Phi) is 6.53. The molecule has 0 fully saturated rings. The van der Waals surface area contributed by atoms with Crippen LogP contribution in [-0.4, -0.2) is 30.1 Å². The molecule has 2 rings (SSSR count). The molecule has 0 unspecified atom stereocenters. The molecule has 2 aromatic rings. The van der Waals surface area contributed by atoms with Crippen molar-refractivity contribution in [2.24, 2.45) is 10.2 Å². The molecule has 27 heavy (non-hydrogen) atoms. The Morgan fingerprint density at radius 2 is 1.59 bits per heavy atom. The highest BCUT2D eigenvalue weighted by atomic mass is 16.7. The van der Waals surface area contributed by atoms with Crippen molar-refractivity contribution >= 4 is 41.0 Å². The lowest BCUT2D eigenvalue weighted by molar-refractivity contribution is -0.115. The van der Waals surface area contributed by atoms with Crippen molar-refractivity contribution in [3.63, 3.8) is 0 Å². The van der Waals surface area contributed by atoms with Gasteiger partial charge in [0.1, 0.15) is 17.2 Å². The first kappa shape index (κ1) is 19.5. The quantitative estimate of drug-likeness (QED) is 0.469. The van der Waals surface area contributed by atoms with E-state index in [1.54, 1.807) is 18.2 Å². The second-order valence-corrected chi connectivity index (χ2v) is 5.15. The van der Waals surface area contributed by atoms with Gasteiger partial charge in [0.05, 0.1) is 7.11 Å². The summed E-state index contributed by atoms with van der Waals surface area (Å²) in [5.74, 6) is -0.159. The van der Waals surface area contributed by atoms with Crippen LogP contribution in [0.2, 0.25) is 0 Å². The molecule has 140 valence electrons. The number of nitrogens with one attached hydrogen (secondary N) is 2. The number of azo groups is 1. The standard InChI is InChI=1S/C17H17N5O5/c1-10(23)18-15-9-8-13(16(20-15)19-11(2)24)22-21-12-6-4-5-7-14(12)27-17(25)26-3/h4-9H,1-3H3,(H2,18,19,20,23,24)/b22-21+. The maximum Gasteiger partial charge on any atom is 0.513 e. The van der Waals surface area contributed by atoms with E-state index in [2.05, 4.69) is 30.6 Å². The van der Waals surface area contributed by atoms with E-state index in [0.717, 1.165) is 0 Å². The molecule has 1 aromatic heterocycles. The number of nitrogens with zero attached hydrogens (tertiary/aromatic N) is 3. The second kappa shape index (κ2) is 9.04. The molecule has 0 aliphatic heterocycles. The SMILES string of the molecule is COC(=O)Oc1ccccc1/N=N/c1ccc(NC(C)=O)nc1NC(C)=O. The highest BCUT2D eigenvalue weighted by Crippen LogP contribution is 2.31. The maximum absolute atomic E-state index is 11.4. The van der Waals surface area contributed by atoms with Gasteiger partial charge >= 0.3 is 6.16 Å². The number of carbonyl (C=O) groups is 3. The average Bonchev–Trinajstić information content (AvgIpc) is 2.61. The van der Waals surface area contributed by atoms with Crippen LogP contribution < -0.4 is 15.4 Å². The zero-order chi connectivity index (χ0) is 19.8. The van der Waals surface area contributed by atoms with E-state index in [-0.39, 0.29) is 40.6 Å². The first-order valence-electron chi connectivity index (χ1n) is 7.72. The molecule has 0 spiro atoms. The number of anilines is 2. The Labute approximate surface area is 154 Å². The molecule has 2 amide bonds. The largest absolute Gasteiger partial charge is 0.513 e. The Morgan fingerprint density at radius 1 is 0.926 bits per heavy atom. The van der Waals surface area contributed by atoms with Crippen LogP contribution in [0, 0.1) is 0 Å². The van der Waals surface area contributed by atoms with Crippen LogP contribution in [0.25, 0.3) is 0 Å². The molecule has 0 atom stereocenters. The lowest BCUT2D eigenvalue weighted by atomic mass is 10.3. The van der Waals surface area contributed by atoms with Crippen LogP contribution in [0.1, 0.15) is 13.8 Å². The molecule has 10 heteroatoms. The Balaban J connectivity index is 2.34. The minimum absolute atomic E-state index is 0.115. The van der Waals surface area contributed by atoms with E-state index < -0.39 is 6.16 Å². The zero-order valence-electron chi connectivity index (χ0n) is 14.8. The Morgan fingerprint density at radius 3 is 2.26 bits per heavy atom. The van der Waals surface area contributed by atoms with Gasteiger partial charge in [-0.15, -0.1) is 10.2 Å². The van der Waals surface area contributed by atoms with Gasteiger partial charge in [0.15, 0.2) is 11.6 Å². The van der Waals surface area contributed by atoms with E-state index >= 15 is 0 Å². The van der Waals surface area contributed by atoms with Gasteiger partial charge in [-0.3, -0.25) is 9.59 Å². The molecule has 0 bridgehead atoms. The average molecular weight is 371 g/mol. The van der Waals surface area contributed by atoms with Crippen LogP contribution in [0.5, 0.6) is 5.75 Å². The third-order valence-electron chi connectivity index (χ3n) is 2.96. The molecule has 0 radical (unpaired) electrons. The smallest absolute Gasteiger partial charge is 0.437 e. The summed E-state index contributed by atoms with van der Waals surface area (Å²) in [6.45, 7) is 2.65. The van der Waals surface area contributed by atoms with Gasteiger partial charge in [0.2, 0.25) is 11.8 Å². The molecular weight excluding hydrogens is 354 g/mol. The van der Waals surface area contributed by atoms with Crippen LogP contribution in [0.4, 0.5) is 27.8 Å². The first-order valence-corrected chi connectivity index (χ1v) is 7.72. The normalized spacial score (nSPS) is 10.3. The van der Waals surface area contributed by atoms with Crippen molar-refractivity contribution < 1.29 is 23.9 Å². The number of amides is 2. The summed E-state index contributed by atoms with van der Waals surface area (Å²) in [5.41, 5.74) is 0.509. The minimum Gasteiger partial charge on any atom is -0.437 e. The number of benzene rings is 1. The van der Waals surface area contributed by atoms with E-state index in [1.165, 1.54) is 39.2 Å². The van der Waals surface area contributed by atoms with Crippen LogP contribution in [-0.2, 0) is 14.3 Å². The number of carbonyl (C=O) groups excluding carboxylic acids is 3. The summed E-state index contributed by atoms with van der Waals surface area (Å²) >= 11 is 0. The van der Waals surface area contributed by atoms with Gasteiger partial charge in [0, 0.05) is 13.8 Å². The molecule has 10 nitrogen and oxygen atoms in total. The predicted molar refractivity (Wildman–Crippen MR) is 96.5 cm³/mol. The Bertz CT molecular complexity index is 897. The predicted octanol–water partition coefficient (Wildman–Crippen LogP) is 3.56. The molecular formula is C17H17N5O5. The van der Waals surface area contributed by atoms with Crippen LogP contribution in [0.3, 0.4) is 0 Å². The van der Waals surface area contributed by atoms with Gasteiger partial charge < -0.3 is 20.1 Å². The highest BCUT2D eigenvalue weighted by molar-refractivity contribution is 5.92. The van der Waals surface area contributed by atoms with Crippen molar-refractivity contribution in [1.29, 1.82) is 0 Å². The van der Waals surface area contributed by atoms with E-state index in [4.69, 9.17) is 4.74 Å². The number of ether oxygens (including phenoxy) is 2. The van der Waals surface area contributed by atoms with Crippen LogP contribution >= 0.6 is 0 Å². The lowest BCUT2D eigenvalue weighted by Gasteiger charge is -2.08. The van der Waals surface area contributed by atoms with Gasteiger partial charge in [-0.2, -0.15) is 0 Å². The Hall–Kier alpha value is -3.82. The highest BCUT2D eigenvalue weighted by Gasteiger charge is 2.11. The number of methoxy groups -OCH3 is 1. The summed E-state index contributed by atoms with van der Waals surface area (Å²) in [5, 5.41) is 13.1. The topological polar surface area (TPSA) is 131 Å². The molecule has 0 aliphatic carbocycles. The fraction of sp³-hybridized carbons (Fsp3) is 0.176. The molecule has 0 aliphatic rings. The third kappa shape index (κ3) is 5.88. The van der Waals surface area contributed by atoms with E-state index in [9.17, 15) is 14.4 Å². The number of para-hydroxylation sites is 1. The summed E-state index contributed by atoms with van der Waals surface area (Å²) in [4.78, 5) is 38.0. The fourth-order valence-corrected chi connectivity index (χ4v) is 1.91. The van der Waals surface area contributed by atoms with Gasteiger partial charge in [0.25, 0.3) is 0 Å². The summed E-state index contributed by atoms with van der Waals surface area (Å²) in [6, 6.07) is 9.49. The fourth-order valence-electron chi connectivity index (χ4n) is 1.91. The molecule has 0 saturated heterocycles. The summed E-state index contributed by atoms with van der Waals surface area (Å²) in [7, 11) is 1.19. The molecule has 1 heterocycles. The number of aromatic nitrogens is 1. The monoisotopic (exact) mass is 371 g/mol. The number of pyridine rings is 1. The van der Waals surface area contributed by atoms with Gasteiger partial charge in [-0.25, -0.2) is 9.78 Å². The number of hydrogen-bond acceptors (Lipinski definition) is 8. The van der Waals surface area contributed by atoms with Crippen LogP contribution in [0.15, 0.2) is 46.6 Å². The van der Waals surface area contributed by atoms with Gasteiger partial charge in [-0.1, -0.05) is 12.1 Å². The molecule has 2 N–H and O–H groups in total. The number of rotatable bonds is 5. The third-order valence-corrected chi connectivity index (χ3v) is 2.96. The van der Waals surface area contributed by atoms with Crippen molar-refractivity contribution in [2.75, 3.05) is 17.7 Å². The van der Waals surface area contributed by atoms with Crippen molar-refractivity contribution in [3.8, 4) is 5.75 Å². The van der Waals surface area contributed by atoms with Gasteiger partial charge in [-0.05, 0) is 24.3 Å². The summed E-state index contributed by atoms with van der Waals surface area (Å²) < 4.78 is 9.45. The maximum atomic E-state index is 11.4. The molecule has 1 aromatic carbocycles. The summed E-state index contributed by atoms with van der Waals surface area (Å²) in [6.07, 6.45) is -0.891. The first-order chi connectivity index (χ1) is 12.9. The second-order valence-electron chi connectivity index (χ2n) is 5.15. The van der Waals surface area contributed by atoms with E-state index in [1.807, 2.05) is 0 Å². The number of hydrogen-bond donors (Lipinski definition) is 2. The lowest BCUT2D eigenvalue weighted by Crippen LogP contribution is -2.11. The van der Waals surface area contributed by atoms with E-state index in [0.29, 0.717) is 0 Å². The minimum atomic E-state index is -0.891. The molecule has 0 saturated carbocycles. The zero-order valence-corrected chi connectivity index (χ0v) is 14.8.